The standard InChI is InChI=1S/C25H25FN2O4S/c1-17-15-22(12-13-23(17)26)33(30,31)27-20-10-8-18(9-11-20)25(29)28-14-4-7-24(28)19-5-3-6-21(16-19)32-2/h3,5-6,8-13,15-16,24,27H,4,7,14H2,1-2H3. The van der Waals surface area contributed by atoms with Gasteiger partial charge in [-0.05, 0) is 85.5 Å². The molecule has 0 saturated carbocycles. The average Bonchev–Trinajstić information content (AvgIpc) is 3.30. The van der Waals surface area contributed by atoms with Gasteiger partial charge in [-0.25, -0.2) is 12.8 Å². The molecule has 1 amide bonds. The molecule has 1 saturated heterocycles. The van der Waals surface area contributed by atoms with Gasteiger partial charge in [0.05, 0.1) is 18.0 Å². The van der Waals surface area contributed by atoms with Crippen LogP contribution in [0.2, 0.25) is 0 Å². The van der Waals surface area contributed by atoms with Crippen LogP contribution >= 0.6 is 0 Å². The summed E-state index contributed by atoms with van der Waals surface area (Å²) in [6.07, 6.45) is 1.77. The lowest BCUT2D eigenvalue weighted by Crippen LogP contribution is -2.30. The molecule has 3 aromatic rings. The number of aryl methyl sites for hydroxylation is 1. The average molecular weight is 469 g/mol. The Morgan fingerprint density at radius 3 is 2.55 bits per heavy atom. The first kappa shape index (κ1) is 22.8. The van der Waals surface area contributed by atoms with Gasteiger partial charge in [-0.3, -0.25) is 9.52 Å². The normalized spacial score (nSPS) is 16.0. The predicted octanol–water partition coefficient (Wildman–Crippen LogP) is 4.92. The van der Waals surface area contributed by atoms with Crippen molar-refractivity contribution in [2.75, 3.05) is 18.4 Å². The minimum atomic E-state index is -3.88. The zero-order valence-electron chi connectivity index (χ0n) is 18.4. The largest absolute Gasteiger partial charge is 0.497 e. The number of halogens is 1. The van der Waals surface area contributed by atoms with E-state index >= 15 is 0 Å². The van der Waals surface area contributed by atoms with Crippen LogP contribution in [0.1, 0.15) is 40.4 Å². The number of benzene rings is 3. The summed E-state index contributed by atoms with van der Waals surface area (Å²) in [5.41, 5.74) is 2.07. The molecule has 1 aliphatic heterocycles. The minimum Gasteiger partial charge on any atom is -0.497 e. The number of nitrogens with one attached hydrogen (secondary N) is 1. The van der Waals surface area contributed by atoms with Crippen LogP contribution in [-0.4, -0.2) is 32.9 Å². The second-order valence-corrected chi connectivity index (χ2v) is 9.71. The van der Waals surface area contributed by atoms with Crippen LogP contribution in [0.4, 0.5) is 10.1 Å². The number of carbonyl (C=O) groups excluding carboxylic acids is 1. The first-order valence-electron chi connectivity index (χ1n) is 10.6. The summed E-state index contributed by atoms with van der Waals surface area (Å²) in [5, 5.41) is 0. The molecule has 0 bridgehead atoms. The quantitative estimate of drug-likeness (QED) is 0.557. The maximum Gasteiger partial charge on any atom is 0.261 e. The highest BCUT2D eigenvalue weighted by atomic mass is 32.2. The molecular formula is C25H25FN2O4S. The molecule has 1 fully saturated rings. The molecule has 3 aromatic carbocycles. The Kier molecular flexibility index (Phi) is 6.37. The van der Waals surface area contributed by atoms with Crippen molar-refractivity contribution in [1.82, 2.24) is 4.90 Å². The number of nitrogens with zero attached hydrogens (tertiary/aromatic N) is 1. The third-order valence-corrected chi connectivity index (χ3v) is 7.19. The molecule has 0 aliphatic carbocycles. The smallest absolute Gasteiger partial charge is 0.261 e. The van der Waals surface area contributed by atoms with Crippen LogP contribution in [-0.2, 0) is 10.0 Å². The van der Waals surface area contributed by atoms with Crippen LogP contribution in [0.3, 0.4) is 0 Å². The summed E-state index contributed by atoms with van der Waals surface area (Å²) < 4.78 is 46.5. The lowest BCUT2D eigenvalue weighted by atomic mass is 10.0. The van der Waals surface area contributed by atoms with Crippen LogP contribution in [0.5, 0.6) is 5.75 Å². The molecule has 33 heavy (non-hydrogen) atoms. The molecule has 1 atom stereocenters. The van der Waals surface area contributed by atoms with Gasteiger partial charge >= 0.3 is 0 Å². The van der Waals surface area contributed by atoms with E-state index in [0.717, 1.165) is 30.2 Å². The molecule has 0 radical (unpaired) electrons. The van der Waals surface area contributed by atoms with Gasteiger partial charge in [0.2, 0.25) is 0 Å². The number of likely N-dealkylation sites (tertiary alicyclic amines) is 1. The number of amides is 1. The van der Waals surface area contributed by atoms with Crippen molar-refractivity contribution in [3.63, 3.8) is 0 Å². The first-order chi connectivity index (χ1) is 15.8. The second-order valence-electron chi connectivity index (χ2n) is 8.03. The molecule has 1 unspecified atom stereocenters. The minimum absolute atomic E-state index is 0.0280. The van der Waals surface area contributed by atoms with Crippen LogP contribution in [0.15, 0.2) is 71.6 Å². The van der Waals surface area contributed by atoms with E-state index in [-0.39, 0.29) is 22.4 Å². The van der Waals surface area contributed by atoms with Crippen molar-refractivity contribution in [1.29, 1.82) is 0 Å². The lowest BCUT2D eigenvalue weighted by Gasteiger charge is -2.25. The van der Waals surface area contributed by atoms with E-state index in [4.69, 9.17) is 4.74 Å². The van der Waals surface area contributed by atoms with Gasteiger partial charge in [-0.2, -0.15) is 0 Å². The Bertz CT molecular complexity index is 1280. The summed E-state index contributed by atoms with van der Waals surface area (Å²) in [6.45, 7) is 2.16. The predicted molar refractivity (Wildman–Crippen MR) is 124 cm³/mol. The zero-order chi connectivity index (χ0) is 23.6. The van der Waals surface area contributed by atoms with Crippen molar-refractivity contribution in [2.45, 2.75) is 30.7 Å². The maximum absolute atomic E-state index is 13.5. The molecule has 0 aromatic heterocycles. The Labute approximate surface area is 193 Å². The molecular weight excluding hydrogens is 443 g/mol. The number of hydrogen-bond donors (Lipinski definition) is 1. The van der Waals surface area contributed by atoms with Crippen molar-refractivity contribution >= 4 is 21.6 Å². The monoisotopic (exact) mass is 468 g/mol. The molecule has 172 valence electrons. The first-order valence-corrected chi connectivity index (χ1v) is 12.1. The van der Waals surface area contributed by atoms with E-state index in [1.807, 2.05) is 29.2 Å². The van der Waals surface area contributed by atoms with E-state index in [1.54, 1.807) is 31.4 Å². The van der Waals surface area contributed by atoms with E-state index < -0.39 is 15.8 Å². The summed E-state index contributed by atoms with van der Waals surface area (Å²) in [5.74, 6) is 0.176. The van der Waals surface area contributed by atoms with E-state index in [9.17, 15) is 17.6 Å². The molecule has 8 heteroatoms. The summed E-state index contributed by atoms with van der Waals surface area (Å²) in [4.78, 5) is 15.0. The molecule has 0 spiro atoms. The van der Waals surface area contributed by atoms with Crippen LogP contribution < -0.4 is 9.46 Å². The second kappa shape index (κ2) is 9.23. The zero-order valence-corrected chi connectivity index (χ0v) is 19.2. The number of ether oxygens (including phenoxy) is 1. The highest BCUT2D eigenvalue weighted by molar-refractivity contribution is 7.92. The van der Waals surface area contributed by atoms with E-state index in [1.165, 1.54) is 19.1 Å². The number of sulfonamides is 1. The van der Waals surface area contributed by atoms with Gasteiger partial charge in [0.15, 0.2) is 0 Å². The van der Waals surface area contributed by atoms with Crippen molar-refractivity contribution < 1.29 is 22.3 Å². The van der Waals surface area contributed by atoms with Gasteiger partial charge in [0, 0.05) is 17.8 Å². The lowest BCUT2D eigenvalue weighted by molar-refractivity contribution is 0.0735. The van der Waals surface area contributed by atoms with Gasteiger partial charge < -0.3 is 9.64 Å². The Morgan fingerprint density at radius 1 is 1.09 bits per heavy atom. The summed E-state index contributed by atoms with van der Waals surface area (Å²) in [7, 11) is -2.26. The number of rotatable bonds is 6. The molecule has 6 nitrogen and oxygen atoms in total. The molecule has 1 heterocycles. The fraction of sp³-hybridized carbons (Fsp3) is 0.240. The van der Waals surface area contributed by atoms with E-state index in [0.29, 0.717) is 17.8 Å². The third-order valence-electron chi connectivity index (χ3n) is 5.82. The highest BCUT2D eigenvalue weighted by Gasteiger charge is 2.30. The highest BCUT2D eigenvalue weighted by Crippen LogP contribution is 2.34. The van der Waals surface area contributed by atoms with Crippen molar-refractivity contribution in [3.8, 4) is 5.75 Å². The Balaban J connectivity index is 1.50. The molecule has 4 rings (SSSR count). The van der Waals surface area contributed by atoms with Crippen LogP contribution in [0.25, 0.3) is 0 Å². The van der Waals surface area contributed by atoms with Crippen molar-refractivity contribution in [3.05, 3.63) is 89.2 Å². The fourth-order valence-electron chi connectivity index (χ4n) is 4.05. The number of anilines is 1. The maximum atomic E-state index is 13.5. The topological polar surface area (TPSA) is 75.7 Å². The number of hydrogen-bond acceptors (Lipinski definition) is 4. The fourth-order valence-corrected chi connectivity index (χ4v) is 5.19. The Hall–Kier alpha value is -3.39. The molecule has 1 N–H and O–H groups in total. The third kappa shape index (κ3) is 4.85. The molecule has 1 aliphatic rings. The summed E-state index contributed by atoms with van der Waals surface area (Å²) >= 11 is 0. The summed E-state index contributed by atoms with van der Waals surface area (Å²) in [6, 6.07) is 17.6. The number of carbonyl (C=O) groups is 1. The van der Waals surface area contributed by atoms with Gasteiger partial charge in [-0.1, -0.05) is 12.1 Å². The Morgan fingerprint density at radius 2 is 1.85 bits per heavy atom. The van der Waals surface area contributed by atoms with Gasteiger partial charge in [0.25, 0.3) is 15.9 Å². The van der Waals surface area contributed by atoms with Crippen molar-refractivity contribution in [2.24, 2.45) is 0 Å². The SMILES string of the molecule is COc1cccc(C2CCCN2C(=O)c2ccc(NS(=O)(=O)c3ccc(F)c(C)c3)cc2)c1. The van der Waals surface area contributed by atoms with Gasteiger partial charge in [-0.15, -0.1) is 0 Å². The van der Waals surface area contributed by atoms with Gasteiger partial charge in [0.1, 0.15) is 11.6 Å². The van der Waals surface area contributed by atoms with Crippen LogP contribution in [0, 0.1) is 12.7 Å². The number of methoxy groups -OCH3 is 1. The van der Waals surface area contributed by atoms with E-state index in [2.05, 4.69) is 4.72 Å².